The lowest BCUT2D eigenvalue weighted by Crippen LogP contribution is -2.13. The number of hydrogen-bond acceptors (Lipinski definition) is 2. The summed E-state index contributed by atoms with van der Waals surface area (Å²) in [6.07, 6.45) is 0.338. The van der Waals surface area contributed by atoms with E-state index in [0.717, 1.165) is 5.56 Å². The van der Waals surface area contributed by atoms with Crippen molar-refractivity contribution in [3.63, 3.8) is 0 Å². The van der Waals surface area contributed by atoms with Crippen LogP contribution in [0.2, 0.25) is 5.02 Å². The molecule has 1 unspecified atom stereocenters. The summed E-state index contributed by atoms with van der Waals surface area (Å²) >= 11 is 6.05. The Kier molecular flexibility index (Phi) is 3.92. The van der Waals surface area contributed by atoms with Gasteiger partial charge in [0.2, 0.25) is 0 Å². The average Bonchev–Trinajstić information content (AvgIpc) is 2.70. The zero-order valence-corrected chi connectivity index (χ0v) is 11.8. The summed E-state index contributed by atoms with van der Waals surface area (Å²) in [7, 11) is 0. The monoisotopic (exact) mass is 282 g/mol. The van der Waals surface area contributed by atoms with E-state index in [1.54, 1.807) is 23.7 Å². The quantitative estimate of drug-likeness (QED) is 0.933. The molecule has 0 aliphatic rings. The number of nitrogens with zero attached hydrogens (tertiary/aromatic N) is 2. The molecule has 19 heavy (non-hydrogen) atoms. The van der Waals surface area contributed by atoms with Gasteiger partial charge in [-0.3, -0.25) is 4.68 Å². The van der Waals surface area contributed by atoms with E-state index in [2.05, 4.69) is 5.10 Å². The van der Waals surface area contributed by atoms with Gasteiger partial charge in [0.25, 0.3) is 0 Å². The molecule has 0 saturated heterocycles. The molecule has 102 valence electrons. The molecule has 1 N–H and O–H groups in total. The number of hydrogen-bond donors (Lipinski definition) is 1. The predicted molar refractivity (Wildman–Crippen MR) is 72.8 cm³/mol. The Bertz CT molecular complexity index is 595. The van der Waals surface area contributed by atoms with Gasteiger partial charge in [0, 0.05) is 11.6 Å². The summed E-state index contributed by atoms with van der Waals surface area (Å²) in [5.41, 5.74) is 1.42. The zero-order valence-electron chi connectivity index (χ0n) is 11.1. The van der Waals surface area contributed by atoms with Crippen molar-refractivity contribution in [2.75, 3.05) is 0 Å². The average molecular weight is 283 g/mol. The maximum atomic E-state index is 13.9. The van der Waals surface area contributed by atoms with Gasteiger partial charge < -0.3 is 5.11 Å². The van der Waals surface area contributed by atoms with Crippen molar-refractivity contribution in [1.29, 1.82) is 0 Å². The second-order valence-corrected chi connectivity index (χ2v) is 5.25. The van der Waals surface area contributed by atoms with Crippen molar-refractivity contribution in [3.05, 3.63) is 52.1 Å². The molecule has 3 nitrogen and oxygen atoms in total. The third-order valence-corrected chi connectivity index (χ3v) is 3.28. The minimum absolute atomic E-state index is 0.0330. The minimum atomic E-state index is -1.13. The normalized spacial score (nSPS) is 13.0. The van der Waals surface area contributed by atoms with Crippen LogP contribution in [0, 0.1) is 12.7 Å². The van der Waals surface area contributed by atoms with Crippen LogP contribution in [0.3, 0.4) is 0 Å². The van der Waals surface area contributed by atoms with Crippen LogP contribution in [0.15, 0.2) is 24.4 Å². The fourth-order valence-electron chi connectivity index (χ4n) is 2.02. The number of aromatic nitrogens is 2. The molecule has 1 aromatic carbocycles. The summed E-state index contributed by atoms with van der Waals surface area (Å²) in [5.74, 6) is -0.444. The van der Waals surface area contributed by atoms with Crippen molar-refractivity contribution in [1.82, 2.24) is 9.78 Å². The highest BCUT2D eigenvalue weighted by Gasteiger charge is 2.23. The van der Waals surface area contributed by atoms with Crippen LogP contribution < -0.4 is 0 Å². The fraction of sp³-hybridized carbons (Fsp3) is 0.357. The Morgan fingerprint density at radius 3 is 2.63 bits per heavy atom. The van der Waals surface area contributed by atoms with Crippen molar-refractivity contribution >= 4 is 11.6 Å². The standard InChI is InChI=1S/C14H16ClFN2O/c1-8(2)18-13(11(15)7-17-18)14(19)10-5-4-9(3)6-12(10)16/h4-8,14,19H,1-3H3. The smallest absolute Gasteiger partial charge is 0.129 e. The van der Waals surface area contributed by atoms with Crippen LogP contribution in [-0.2, 0) is 0 Å². The summed E-state index contributed by atoms with van der Waals surface area (Å²) in [5, 5.41) is 14.8. The zero-order chi connectivity index (χ0) is 14.2. The molecule has 0 fully saturated rings. The third kappa shape index (κ3) is 2.65. The Morgan fingerprint density at radius 1 is 1.37 bits per heavy atom. The van der Waals surface area contributed by atoms with E-state index in [-0.39, 0.29) is 11.6 Å². The molecule has 2 rings (SSSR count). The molecular formula is C14H16ClFN2O. The highest BCUT2D eigenvalue weighted by atomic mass is 35.5. The van der Waals surface area contributed by atoms with Crippen LogP contribution in [0.1, 0.15) is 42.8 Å². The topological polar surface area (TPSA) is 38.1 Å². The molecule has 0 aliphatic carbocycles. The number of halogens is 2. The predicted octanol–water partition coefficient (Wildman–Crippen LogP) is 3.65. The van der Waals surface area contributed by atoms with Crippen molar-refractivity contribution in [2.24, 2.45) is 0 Å². The first kappa shape index (κ1) is 14.0. The molecule has 0 radical (unpaired) electrons. The summed E-state index contributed by atoms with van der Waals surface area (Å²) < 4.78 is 15.5. The Morgan fingerprint density at radius 2 is 2.05 bits per heavy atom. The maximum absolute atomic E-state index is 13.9. The lowest BCUT2D eigenvalue weighted by molar-refractivity contribution is 0.200. The molecule has 0 aliphatic heterocycles. The van der Waals surface area contributed by atoms with E-state index in [1.807, 2.05) is 13.8 Å². The molecule has 1 aromatic heterocycles. The molecule has 1 atom stereocenters. The van der Waals surface area contributed by atoms with E-state index in [9.17, 15) is 9.50 Å². The van der Waals surface area contributed by atoms with Gasteiger partial charge in [0.05, 0.1) is 16.9 Å². The van der Waals surface area contributed by atoms with Gasteiger partial charge in [-0.2, -0.15) is 5.10 Å². The SMILES string of the molecule is Cc1ccc(C(O)c2c(Cl)cnn2C(C)C)c(F)c1. The van der Waals surface area contributed by atoms with Gasteiger partial charge >= 0.3 is 0 Å². The largest absolute Gasteiger partial charge is 0.382 e. The third-order valence-electron chi connectivity index (χ3n) is 2.99. The number of rotatable bonds is 3. The highest BCUT2D eigenvalue weighted by molar-refractivity contribution is 6.31. The molecular weight excluding hydrogens is 267 g/mol. The first-order valence-electron chi connectivity index (χ1n) is 6.08. The van der Waals surface area contributed by atoms with E-state index < -0.39 is 11.9 Å². The molecule has 0 amide bonds. The highest BCUT2D eigenvalue weighted by Crippen LogP contribution is 2.31. The van der Waals surface area contributed by atoms with E-state index >= 15 is 0 Å². The summed E-state index contributed by atoms with van der Waals surface area (Å²) in [6.45, 7) is 5.64. The Labute approximate surface area is 116 Å². The Balaban J connectivity index is 2.49. The molecule has 0 saturated carbocycles. The number of aryl methyl sites for hydroxylation is 1. The van der Waals surface area contributed by atoms with Crippen molar-refractivity contribution < 1.29 is 9.50 Å². The van der Waals surface area contributed by atoms with Crippen molar-refractivity contribution in [2.45, 2.75) is 32.9 Å². The fourth-order valence-corrected chi connectivity index (χ4v) is 2.25. The van der Waals surface area contributed by atoms with Gasteiger partial charge in [-0.15, -0.1) is 0 Å². The van der Waals surface area contributed by atoms with Gasteiger partial charge in [-0.1, -0.05) is 23.7 Å². The first-order chi connectivity index (χ1) is 8.91. The summed E-state index contributed by atoms with van der Waals surface area (Å²) in [6, 6.07) is 4.75. The van der Waals surface area contributed by atoms with Crippen LogP contribution in [0.25, 0.3) is 0 Å². The number of aliphatic hydroxyl groups excluding tert-OH is 1. The molecule has 2 aromatic rings. The van der Waals surface area contributed by atoms with Crippen LogP contribution in [-0.4, -0.2) is 14.9 Å². The van der Waals surface area contributed by atoms with Crippen LogP contribution in [0.5, 0.6) is 0 Å². The van der Waals surface area contributed by atoms with Crippen molar-refractivity contribution in [3.8, 4) is 0 Å². The van der Waals surface area contributed by atoms with Gasteiger partial charge in [-0.25, -0.2) is 4.39 Å². The number of aliphatic hydroxyl groups is 1. The van der Waals surface area contributed by atoms with Gasteiger partial charge in [0.15, 0.2) is 0 Å². The second-order valence-electron chi connectivity index (χ2n) is 4.84. The summed E-state index contributed by atoms with van der Waals surface area (Å²) in [4.78, 5) is 0. The molecule has 0 spiro atoms. The maximum Gasteiger partial charge on any atom is 0.129 e. The molecule has 0 bridgehead atoms. The first-order valence-corrected chi connectivity index (χ1v) is 6.46. The Hall–Kier alpha value is -1.39. The van der Waals surface area contributed by atoms with E-state index in [1.165, 1.54) is 12.3 Å². The second kappa shape index (κ2) is 5.31. The van der Waals surface area contributed by atoms with Gasteiger partial charge in [-0.05, 0) is 32.4 Å². The lowest BCUT2D eigenvalue weighted by Gasteiger charge is -2.17. The minimum Gasteiger partial charge on any atom is -0.382 e. The number of benzene rings is 1. The van der Waals surface area contributed by atoms with E-state index in [4.69, 9.17) is 11.6 Å². The van der Waals surface area contributed by atoms with Crippen LogP contribution >= 0.6 is 11.6 Å². The van der Waals surface area contributed by atoms with Crippen LogP contribution in [0.4, 0.5) is 4.39 Å². The lowest BCUT2D eigenvalue weighted by atomic mass is 10.0. The van der Waals surface area contributed by atoms with E-state index in [0.29, 0.717) is 10.7 Å². The molecule has 1 heterocycles. The van der Waals surface area contributed by atoms with Gasteiger partial charge in [0.1, 0.15) is 11.9 Å². The molecule has 5 heteroatoms.